The van der Waals surface area contributed by atoms with E-state index in [2.05, 4.69) is 21.7 Å². The molecule has 0 atom stereocenters. The molecule has 3 aromatic rings. The van der Waals surface area contributed by atoms with Crippen LogP contribution < -0.4 is 4.57 Å². The topological polar surface area (TPSA) is 16.8 Å². The summed E-state index contributed by atoms with van der Waals surface area (Å²) in [6, 6.07) is 21.2. The predicted molar refractivity (Wildman–Crippen MR) is 70.0 cm³/mol. The van der Waals surface area contributed by atoms with Crippen LogP contribution in [0.5, 0.6) is 0 Å². The largest absolute Gasteiger partial charge is 0.305 e. The van der Waals surface area contributed by atoms with E-state index in [1.807, 2.05) is 60.9 Å². The van der Waals surface area contributed by atoms with Gasteiger partial charge in [-0.1, -0.05) is 30.3 Å². The van der Waals surface area contributed by atoms with E-state index in [0.717, 1.165) is 16.9 Å². The maximum absolute atomic E-state index is 4.34. The molecule has 95 valence electrons. The average molecular weight is 425 g/mol. The van der Waals surface area contributed by atoms with Crippen molar-refractivity contribution in [1.82, 2.24) is 4.98 Å². The molecule has 1 aromatic carbocycles. The van der Waals surface area contributed by atoms with Crippen molar-refractivity contribution in [3.63, 3.8) is 0 Å². The Balaban J connectivity index is 0.00000133. The van der Waals surface area contributed by atoms with Crippen LogP contribution in [0, 0.1) is 6.07 Å². The molecule has 2 heterocycles. The first-order valence-corrected chi connectivity index (χ1v) is 5.83. The van der Waals surface area contributed by atoms with Gasteiger partial charge in [-0.3, -0.25) is 0 Å². The molecule has 0 aliphatic carbocycles. The van der Waals surface area contributed by atoms with Crippen LogP contribution in [0.3, 0.4) is 0 Å². The van der Waals surface area contributed by atoms with Crippen molar-refractivity contribution in [3.05, 3.63) is 79.3 Å². The number of pyridine rings is 2. The number of nitrogens with zero attached hydrogens (tertiary/aromatic N) is 2. The van der Waals surface area contributed by atoms with Crippen molar-refractivity contribution in [2.45, 2.75) is 0 Å². The minimum atomic E-state index is 0. The Labute approximate surface area is 126 Å². The molecule has 0 aliphatic rings. The Kier molecular flexibility index (Phi) is 4.56. The van der Waals surface area contributed by atoms with Gasteiger partial charge in [0.25, 0.3) is 0 Å². The van der Waals surface area contributed by atoms with E-state index in [1.165, 1.54) is 0 Å². The van der Waals surface area contributed by atoms with E-state index < -0.39 is 0 Å². The molecule has 0 aliphatic heterocycles. The Morgan fingerprint density at radius 2 is 1.79 bits per heavy atom. The van der Waals surface area contributed by atoms with Crippen LogP contribution in [0.2, 0.25) is 0 Å². The molecule has 3 rings (SSSR count). The van der Waals surface area contributed by atoms with E-state index in [4.69, 9.17) is 0 Å². The molecular formula is C16H12IrN2. The van der Waals surface area contributed by atoms with Crippen molar-refractivity contribution in [3.8, 4) is 16.9 Å². The maximum atomic E-state index is 4.34. The Morgan fingerprint density at radius 3 is 2.53 bits per heavy atom. The number of rotatable bonds is 2. The minimum absolute atomic E-state index is 0. The van der Waals surface area contributed by atoms with Gasteiger partial charge in [0.2, 0.25) is 0 Å². The van der Waals surface area contributed by atoms with Gasteiger partial charge in [0.05, 0.1) is 0 Å². The standard InChI is InChI=1S/C16H12N2.Ir/c1-4-11-18(12-5-1)15-8-6-7-14(13-15)16-9-2-3-10-17-16;/h1-6,8-13H;. The first-order chi connectivity index (χ1) is 8.93. The van der Waals surface area contributed by atoms with Gasteiger partial charge in [-0.15, -0.1) is 17.7 Å². The fourth-order valence-electron chi connectivity index (χ4n) is 1.86. The Hall–Kier alpha value is -1.83. The summed E-state index contributed by atoms with van der Waals surface area (Å²) in [6.07, 6.45) is 5.85. The maximum Gasteiger partial charge on any atom is 0.173 e. The number of benzene rings is 1. The van der Waals surface area contributed by atoms with Gasteiger partial charge >= 0.3 is 0 Å². The summed E-state index contributed by atoms with van der Waals surface area (Å²) < 4.78 is 2.07. The second-order valence-electron chi connectivity index (χ2n) is 3.96. The fraction of sp³-hybridized carbons (Fsp3) is 0. The monoisotopic (exact) mass is 425 g/mol. The molecule has 2 nitrogen and oxygen atoms in total. The van der Waals surface area contributed by atoms with Crippen LogP contribution in [0.4, 0.5) is 0 Å². The van der Waals surface area contributed by atoms with E-state index in [-0.39, 0.29) is 20.1 Å². The van der Waals surface area contributed by atoms with E-state index in [0.29, 0.717) is 0 Å². The zero-order valence-corrected chi connectivity index (χ0v) is 12.6. The third-order valence-corrected chi connectivity index (χ3v) is 2.74. The van der Waals surface area contributed by atoms with Gasteiger partial charge in [0.1, 0.15) is 5.69 Å². The van der Waals surface area contributed by atoms with Gasteiger partial charge < -0.3 is 4.98 Å². The summed E-state index contributed by atoms with van der Waals surface area (Å²) in [5.41, 5.74) is 3.05. The predicted octanol–water partition coefficient (Wildman–Crippen LogP) is 2.82. The van der Waals surface area contributed by atoms with Crippen LogP contribution in [-0.2, 0) is 20.1 Å². The number of hydrogen-bond donors (Lipinski definition) is 0. The van der Waals surface area contributed by atoms with Crippen LogP contribution >= 0.6 is 0 Å². The van der Waals surface area contributed by atoms with Gasteiger partial charge in [0, 0.05) is 38.4 Å². The third kappa shape index (κ3) is 3.14. The molecule has 2 aromatic heterocycles. The number of aromatic nitrogens is 2. The molecule has 0 fully saturated rings. The molecule has 3 heteroatoms. The van der Waals surface area contributed by atoms with Crippen molar-refractivity contribution in [1.29, 1.82) is 0 Å². The second-order valence-corrected chi connectivity index (χ2v) is 3.96. The molecular weight excluding hydrogens is 412 g/mol. The average Bonchev–Trinajstić information content (AvgIpc) is 2.49. The quantitative estimate of drug-likeness (QED) is 0.457. The second kappa shape index (κ2) is 6.37. The molecule has 1 radical (unpaired) electrons. The summed E-state index contributed by atoms with van der Waals surface area (Å²) in [4.78, 5) is 4.34. The summed E-state index contributed by atoms with van der Waals surface area (Å²) in [7, 11) is 0. The molecule has 0 saturated carbocycles. The Morgan fingerprint density at radius 1 is 0.947 bits per heavy atom. The summed E-state index contributed by atoms with van der Waals surface area (Å²) in [5.74, 6) is 0. The SMILES string of the molecule is [Ir].[c-]1ccc(-[n+]2ccccc2)cc1-c1ccccn1. The first-order valence-electron chi connectivity index (χ1n) is 5.83. The molecule has 19 heavy (non-hydrogen) atoms. The Bertz CT molecular complexity index is 584. The van der Waals surface area contributed by atoms with Crippen molar-refractivity contribution < 1.29 is 24.7 Å². The fourth-order valence-corrected chi connectivity index (χ4v) is 1.86. The zero-order chi connectivity index (χ0) is 12.2. The van der Waals surface area contributed by atoms with Crippen LogP contribution in [0.25, 0.3) is 16.9 Å². The molecule has 0 spiro atoms. The van der Waals surface area contributed by atoms with Gasteiger partial charge in [-0.05, 0) is 11.8 Å². The molecule has 0 unspecified atom stereocenters. The third-order valence-electron chi connectivity index (χ3n) is 2.74. The van der Waals surface area contributed by atoms with Crippen LogP contribution in [0.15, 0.2) is 73.2 Å². The summed E-state index contributed by atoms with van der Waals surface area (Å²) in [6.45, 7) is 0. The van der Waals surface area contributed by atoms with Gasteiger partial charge in [0.15, 0.2) is 12.4 Å². The smallest absolute Gasteiger partial charge is 0.173 e. The molecule has 0 N–H and O–H groups in total. The zero-order valence-electron chi connectivity index (χ0n) is 10.2. The van der Waals surface area contributed by atoms with Crippen LogP contribution in [0.1, 0.15) is 0 Å². The minimum Gasteiger partial charge on any atom is -0.305 e. The van der Waals surface area contributed by atoms with Crippen molar-refractivity contribution in [2.24, 2.45) is 0 Å². The molecule has 0 bridgehead atoms. The van der Waals surface area contributed by atoms with Gasteiger partial charge in [-0.2, -0.15) is 4.57 Å². The summed E-state index contributed by atoms with van der Waals surface area (Å²) in [5, 5.41) is 0. The summed E-state index contributed by atoms with van der Waals surface area (Å²) >= 11 is 0. The van der Waals surface area contributed by atoms with Crippen LogP contribution in [-0.4, -0.2) is 4.98 Å². The number of hydrogen-bond acceptors (Lipinski definition) is 1. The molecule has 0 saturated heterocycles. The van der Waals surface area contributed by atoms with E-state index in [1.54, 1.807) is 6.20 Å². The normalized spacial score (nSPS) is 9.68. The van der Waals surface area contributed by atoms with Crippen molar-refractivity contribution in [2.75, 3.05) is 0 Å². The van der Waals surface area contributed by atoms with Crippen molar-refractivity contribution >= 4 is 0 Å². The molecule has 0 amide bonds. The van der Waals surface area contributed by atoms with E-state index in [9.17, 15) is 0 Å². The first kappa shape index (κ1) is 13.6. The van der Waals surface area contributed by atoms with Gasteiger partial charge in [-0.25, -0.2) is 0 Å². The van der Waals surface area contributed by atoms with E-state index >= 15 is 0 Å².